The lowest BCUT2D eigenvalue weighted by Gasteiger charge is -2.34. The molecule has 7 heteroatoms. The molecule has 4 nitrogen and oxygen atoms in total. The van der Waals surface area contributed by atoms with Crippen molar-refractivity contribution in [2.24, 2.45) is 11.3 Å². The molecule has 1 aromatic carbocycles. The van der Waals surface area contributed by atoms with E-state index in [2.05, 4.69) is 31.4 Å². The molecule has 0 unspecified atom stereocenters. The number of anilines is 1. The lowest BCUT2D eigenvalue weighted by atomic mass is 9.72. The van der Waals surface area contributed by atoms with Crippen LogP contribution in [-0.2, 0) is 12.8 Å². The SMILES string of the molecule is CC(C)(C)[C@@H]1CCc2c(sc3c2C(=O)N[C@@H](c2ccc(-c4ccc(Cl)c(Cl)c4)o2)N3)C1. The minimum atomic E-state index is -0.407. The zero-order chi connectivity index (χ0) is 21.9. The van der Waals surface area contributed by atoms with E-state index in [4.69, 9.17) is 27.6 Å². The highest BCUT2D eigenvalue weighted by Gasteiger charge is 2.37. The van der Waals surface area contributed by atoms with Gasteiger partial charge < -0.3 is 15.1 Å². The van der Waals surface area contributed by atoms with Gasteiger partial charge in [-0.3, -0.25) is 4.79 Å². The number of rotatable bonds is 2. The number of fused-ring (bicyclic) bond motifs is 3. The molecular formula is C24H24Cl2N2O2S. The molecule has 3 aromatic rings. The monoisotopic (exact) mass is 474 g/mol. The van der Waals surface area contributed by atoms with Crippen LogP contribution in [0.3, 0.4) is 0 Å². The minimum Gasteiger partial charge on any atom is -0.457 e. The van der Waals surface area contributed by atoms with Crippen LogP contribution in [0.2, 0.25) is 10.0 Å². The highest BCUT2D eigenvalue weighted by molar-refractivity contribution is 7.16. The molecule has 3 heterocycles. The van der Waals surface area contributed by atoms with Crippen LogP contribution in [0.4, 0.5) is 5.00 Å². The van der Waals surface area contributed by atoms with E-state index in [0.29, 0.717) is 27.5 Å². The summed E-state index contributed by atoms with van der Waals surface area (Å²) in [6.07, 6.45) is 2.72. The first-order valence-electron chi connectivity index (χ1n) is 10.5. The summed E-state index contributed by atoms with van der Waals surface area (Å²) in [5.74, 6) is 1.93. The lowest BCUT2D eigenvalue weighted by molar-refractivity contribution is 0.0930. The van der Waals surface area contributed by atoms with E-state index in [1.807, 2.05) is 18.2 Å². The quantitative estimate of drug-likeness (QED) is 0.408. The van der Waals surface area contributed by atoms with Gasteiger partial charge in [0.05, 0.1) is 15.6 Å². The second-order valence-electron chi connectivity index (χ2n) is 9.40. The van der Waals surface area contributed by atoms with Gasteiger partial charge in [0.2, 0.25) is 0 Å². The number of carbonyl (C=O) groups excluding carboxylic acids is 1. The van der Waals surface area contributed by atoms with Crippen molar-refractivity contribution in [3.8, 4) is 11.3 Å². The van der Waals surface area contributed by atoms with E-state index in [0.717, 1.165) is 35.4 Å². The molecule has 162 valence electrons. The van der Waals surface area contributed by atoms with E-state index >= 15 is 0 Å². The lowest BCUT2D eigenvalue weighted by Crippen LogP contribution is -2.38. The fraction of sp³-hybridized carbons (Fsp3) is 0.375. The molecule has 0 bridgehead atoms. The molecule has 5 rings (SSSR count). The molecule has 0 saturated carbocycles. The van der Waals surface area contributed by atoms with Crippen LogP contribution in [-0.4, -0.2) is 5.91 Å². The highest BCUT2D eigenvalue weighted by atomic mass is 35.5. The predicted octanol–water partition coefficient (Wildman–Crippen LogP) is 7.32. The van der Waals surface area contributed by atoms with E-state index < -0.39 is 6.17 Å². The number of nitrogens with one attached hydrogen (secondary N) is 2. The Bertz CT molecular complexity index is 1170. The Morgan fingerprint density at radius 1 is 1.10 bits per heavy atom. The van der Waals surface area contributed by atoms with Gasteiger partial charge in [-0.1, -0.05) is 44.0 Å². The van der Waals surface area contributed by atoms with Crippen molar-refractivity contribution < 1.29 is 9.21 Å². The Morgan fingerprint density at radius 3 is 2.65 bits per heavy atom. The largest absolute Gasteiger partial charge is 0.457 e. The molecule has 1 aliphatic carbocycles. The van der Waals surface area contributed by atoms with E-state index in [1.54, 1.807) is 23.5 Å². The third-order valence-electron chi connectivity index (χ3n) is 6.38. The first-order chi connectivity index (χ1) is 14.7. The van der Waals surface area contributed by atoms with Crippen LogP contribution in [0.15, 0.2) is 34.7 Å². The Labute approximate surface area is 195 Å². The Kier molecular flexibility index (Phi) is 5.11. The number of hydrogen-bond donors (Lipinski definition) is 2. The molecule has 0 saturated heterocycles. The van der Waals surface area contributed by atoms with Crippen LogP contribution in [0.5, 0.6) is 0 Å². The van der Waals surface area contributed by atoms with Crippen LogP contribution < -0.4 is 10.6 Å². The van der Waals surface area contributed by atoms with E-state index in [-0.39, 0.29) is 11.3 Å². The van der Waals surface area contributed by atoms with Crippen molar-refractivity contribution in [1.82, 2.24) is 5.32 Å². The highest BCUT2D eigenvalue weighted by Crippen LogP contribution is 2.46. The normalized spacial score (nSPS) is 20.6. The maximum Gasteiger partial charge on any atom is 0.256 e. The van der Waals surface area contributed by atoms with Crippen LogP contribution in [0, 0.1) is 11.3 Å². The van der Waals surface area contributed by atoms with Gasteiger partial charge in [-0.2, -0.15) is 0 Å². The van der Waals surface area contributed by atoms with Gasteiger partial charge >= 0.3 is 0 Å². The molecular weight excluding hydrogens is 451 g/mol. The maximum atomic E-state index is 13.0. The fourth-order valence-corrected chi connectivity index (χ4v) is 6.14. The molecule has 1 aliphatic heterocycles. The van der Waals surface area contributed by atoms with Crippen LogP contribution >= 0.6 is 34.5 Å². The number of carbonyl (C=O) groups is 1. The second kappa shape index (κ2) is 7.58. The molecule has 2 atom stereocenters. The summed E-state index contributed by atoms with van der Waals surface area (Å²) < 4.78 is 6.06. The zero-order valence-electron chi connectivity index (χ0n) is 17.6. The molecule has 1 amide bonds. The number of furan rings is 1. The predicted molar refractivity (Wildman–Crippen MR) is 127 cm³/mol. The van der Waals surface area contributed by atoms with Gasteiger partial charge in [-0.15, -0.1) is 11.3 Å². The number of hydrogen-bond acceptors (Lipinski definition) is 4. The van der Waals surface area contributed by atoms with Gasteiger partial charge in [0, 0.05) is 10.4 Å². The van der Waals surface area contributed by atoms with Crippen molar-refractivity contribution in [2.75, 3.05) is 5.32 Å². The number of halogens is 2. The number of benzene rings is 1. The molecule has 31 heavy (non-hydrogen) atoms. The first-order valence-corrected chi connectivity index (χ1v) is 12.0. The Morgan fingerprint density at radius 2 is 1.90 bits per heavy atom. The van der Waals surface area contributed by atoms with Crippen molar-refractivity contribution in [3.63, 3.8) is 0 Å². The van der Waals surface area contributed by atoms with Gasteiger partial charge in [-0.25, -0.2) is 0 Å². The van der Waals surface area contributed by atoms with Crippen molar-refractivity contribution in [1.29, 1.82) is 0 Å². The number of amides is 1. The van der Waals surface area contributed by atoms with Gasteiger partial charge in [0.25, 0.3) is 5.91 Å². The topological polar surface area (TPSA) is 54.3 Å². The second-order valence-corrected chi connectivity index (χ2v) is 11.3. The average molecular weight is 475 g/mol. The molecule has 2 aliphatic rings. The summed E-state index contributed by atoms with van der Waals surface area (Å²) in [5, 5.41) is 8.47. The molecule has 0 radical (unpaired) electrons. The zero-order valence-corrected chi connectivity index (χ0v) is 20.0. The van der Waals surface area contributed by atoms with E-state index in [9.17, 15) is 4.79 Å². The summed E-state index contributed by atoms with van der Waals surface area (Å²) in [7, 11) is 0. The summed E-state index contributed by atoms with van der Waals surface area (Å²) >= 11 is 13.9. The summed E-state index contributed by atoms with van der Waals surface area (Å²) in [5.41, 5.74) is 3.15. The van der Waals surface area contributed by atoms with Crippen LogP contribution in [0.1, 0.15) is 59.9 Å². The van der Waals surface area contributed by atoms with Crippen molar-refractivity contribution >= 4 is 45.4 Å². The molecule has 2 aromatic heterocycles. The summed E-state index contributed by atoms with van der Waals surface area (Å²) in [4.78, 5) is 14.4. The Hall–Kier alpha value is -1.95. The van der Waals surface area contributed by atoms with E-state index in [1.165, 1.54) is 10.4 Å². The van der Waals surface area contributed by atoms with Crippen LogP contribution in [0.25, 0.3) is 11.3 Å². The smallest absolute Gasteiger partial charge is 0.256 e. The van der Waals surface area contributed by atoms with Gasteiger partial charge in [-0.05, 0) is 66.5 Å². The Balaban J connectivity index is 1.41. The third kappa shape index (κ3) is 3.77. The van der Waals surface area contributed by atoms with Gasteiger partial charge in [0.15, 0.2) is 6.17 Å². The standard InChI is InChI=1S/C24H24Cl2N2O2S/c1-24(2,3)13-5-6-14-19(11-13)31-23-20(14)22(29)27-21(28-23)18-9-8-17(30-18)12-4-7-15(25)16(26)10-12/h4,7-10,13,21,28H,5-6,11H2,1-3H3,(H,27,29)/t13-,21-/m1/s1. The number of thiophene rings is 1. The third-order valence-corrected chi connectivity index (χ3v) is 8.31. The summed E-state index contributed by atoms with van der Waals surface area (Å²) in [6.45, 7) is 6.92. The van der Waals surface area contributed by atoms with Crippen molar-refractivity contribution in [3.05, 3.63) is 62.1 Å². The summed E-state index contributed by atoms with van der Waals surface area (Å²) in [6, 6.07) is 9.14. The first kappa shape index (κ1) is 20.9. The average Bonchev–Trinajstić information content (AvgIpc) is 3.33. The minimum absolute atomic E-state index is 0.0297. The fourth-order valence-electron chi connectivity index (χ4n) is 4.49. The molecule has 0 fully saturated rings. The molecule has 0 spiro atoms. The van der Waals surface area contributed by atoms with Crippen molar-refractivity contribution in [2.45, 2.75) is 46.2 Å². The van der Waals surface area contributed by atoms with Gasteiger partial charge in [0.1, 0.15) is 16.5 Å². The maximum absolute atomic E-state index is 13.0. The molecule has 2 N–H and O–H groups in total.